The van der Waals surface area contributed by atoms with Crippen LogP contribution in [0.25, 0.3) is 0 Å². The van der Waals surface area contributed by atoms with E-state index >= 15 is 0 Å². The predicted molar refractivity (Wildman–Crippen MR) is 74.2 cm³/mol. The molecule has 0 spiro atoms. The Hall–Kier alpha value is -1.48. The van der Waals surface area contributed by atoms with Crippen molar-refractivity contribution in [3.63, 3.8) is 0 Å². The van der Waals surface area contributed by atoms with Gasteiger partial charge >= 0.3 is 6.18 Å². The molecule has 0 unspecified atom stereocenters. The molecule has 6 heteroatoms. The summed E-state index contributed by atoms with van der Waals surface area (Å²) in [6.45, 7) is 0.378. The lowest BCUT2D eigenvalue weighted by molar-refractivity contribution is -0.137. The lowest BCUT2D eigenvalue weighted by Gasteiger charge is -2.11. The molecule has 1 aromatic rings. The number of nitrogens with one attached hydrogen (secondary N) is 1. The average Bonchev–Trinajstić information content (AvgIpc) is 2.37. The van der Waals surface area contributed by atoms with Crippen LogP contribution in [0.4, 0.5) is 13.2 Å². The Balaban J connectivity index is 2.70. The summed E-state index contributed by atoms with van der Waals surface area (Å²) in [6, 6.07) is 2.98. The zero-order chi connectivity index (χ0) is 15.2. The maximum atomic E-state index is 12.6. The van der Waals surface area contributed by atoms with E-state index in [0.29, 0.717) is 23.9 Å². The van der Waals surface area contributed by atoms with Crippen molar-refractivity contribution in [2.45, 2.75) is 25.4 Å². The summed E-state index contributed by atoms with van der Waals surface area (Å²) < 4.78 is 38.1. The van der Waals surface area contributed by atoms with Crippen LogP contribution in [0.3, 0.4) is 0 Å². The Labute approximate surface area is 123 Å². The molecule has 1 rings (SSSR count). The fourth-order valence-corrected chi connectivity index (χ4v) is 1.95. The Morgan fingerprint density at radius 1 is 1.35 bits per heavy atom. The second-order valence-corrected chi connectivity index (χ2v) is 4.96. The van der Waals surface area contributed by atoms with Gasteiger partial charge in [-0.2, -0.15) is 13.2 Å². The lowest BCUT2D eigenvalue weighted by Crippen LogP contribution is -2.25. The molecule has 0 aliphatic carbocycles. The molecular weight excluding hydrogens is 335 g/mol. The van der Waals surface area contributed by atoms with Crippen LogP contribution in [0.1, 0.15) is 35.2 Å². The molecule has 0 heterocycles. The third kappa shape index (κ3) is 4.89. The lowest BCUT2D eigenvalue weighted by atomic mass is 10.1. The summed E-state index contributed by atoms with van der Waals surface area (Å²) in [7, 11) is 0. The molecule has 1 aromatic carbocycles. The maximum Gasteiger partial charge on any atom is 0.416 e. The van der Waals surface area contributed by atoms with Crippen LogP contribution in [0, 0.1) is 12.3 Å². The Morgan fingerprint density at radius 3 is 2.65 bits per heavy atom. The first-order valence-electron chi connectivity index (χ1n) is 5.94. The Morgan fingerprint density at radius 2 is 2.05 bits per heavy atom. The SMILES string of the molecule is C#CCCCCNC(=O)c1cc(C(F)(F)F)ccc1Br. The molecule has 0 radical (unpaired) electrons. The number of hydrogen-bond acceptors (Lipinski definition) is 1. The summed E-state index contributed by atoms with van der Waals surface area (Å²) in [5.41, 5.74) is -0.880. The summed E-state index contributed by atoms with van der Waals surface area (Å²) >= 11 is 3.08. The fourth-order valence-electron chi connectivity index (χ4n) is 1.52. The van der Waals surface area contributed by atoms with Crippen molar-refractivity contribution >= 4 is 21.8 Å². The number of unbranched alkanes of at least 4 members (excludes halogenated alkanes) is 2. The van der Waals surface area contributed by atoms with E-state index in [1.54, 1.807) is 0 Å². The zero-order valence-corrected chi connectivity index (χ0v) is 12.1. The van der Waals surface area contributed by atoms with Crippen molar-refractivity contribution in [2.75, 3.05) is 6.54 Å². The summed E-state index contributed by atoms with van der Waals surface area (Å²) in [5, 5.41) is 2.57. The van der Waals surface area contributed by atoms with E-state index in [4.69, 9.17) is 6.42 Å². The number of carbonyl (C=O) groups excluding carboxylic acids is 1. The molecule has 0 aliphatic rings. The molecule has 1 amide bonds. The third-order valence-electron chi connectivity index (χ3n) is 2.57. The molecule has 20 heavy (non-hydrogen) atoms. The van der Waals surface area contributed by atoms with E-state index in [1.165, 1.54) is 6.07 Å². The van der Waals surface area contributed by atoms with Crippen LogP contribution in [0.5, 0.6) is 0 Å². The minimum absolute atomic E-state index is 0.0308. The van der Waals surface area contributed by atoms with Crippen molar-refractivity contribution in [3.05, 3.63) is 33.8 Å². The molecule has 0 bridgehead atoms. The Bertz CT molecular complexity index is 520. The molecule has 1 N–H and O–H groups in total. The van der Waals surface area contributed by atoms with Gasteiger partial charge in [0.25, 0.3) is 5.91 Å². The minimum atomic E-state index is -4.47. The molecule has 0 saturated heterocycles. The summed E-state index contributed by atoms with van der Waals surface area (Å²) in [5.74, 6) is 1.94. The van der Waals surface area contributed by atoms with Gasteiger partial charge in [-0.3, -0.25) is 4.79 Å². The van der Waals surface area contributed by atoms with Crippen LogP contribution in [-0.4, -0.2) is 12.5 Å². The second-order valence-electron chi connectivity index (χ2n) is 4.11. The van der Waals surface area contributed by atoms with Gasteiger partial charge in [0.15, 0.2) is 0 Å². The zero-order valence-electron chi connectivity index (χ0n) is 10.6. The monoisotopic (exact) mass is 347 g/mol. The van der Waals surface area contributed by atoms with E-state index in [2.05, 4.69) is 27.2 Å². The molecule has 2 nitrogen and oxygen atoms in total. The van der Waals surface area contributed by atoms with Crippen LogP contribution in [0.2, 0.25) is 0 Å². The fraction of sp³-hybridized carbons (Fsp3) is 0.357. The van der Waals surface area contributed by atoms with E-state index < -0.39 is 17.6 Å². The number of carbonyl (C=O) groups is 1. The number of hydrogen-bond donors (Lipinski definition) is 1. The van der Waals surface area contributed by atoms with Gasteiger partial charge in [0, 0.05) is 17.4 Å². The highest BCUT2D eigenvalue weighted by molar-refractivity contribution is 9.10. The van der Waals surface area contributed by atoms with Gasteiger partial charge in [0.2, 0.25) is 0 Å². The molecule has 0 saturated carbocycles. The highest BCUT2D eigenvalue weighted by Crippen LogP contribution is 2.31. The first-order chi connectivity index (χ1) is 9.36. The van der Waals surface area contributed by atoms with E-state index in [0.717, 1.165) is 18.6 Å². The normalized spacial score (nSPS) is 10.9. The summed E-state index contributed by atoms with van der Waals surface area (Å²) in [4.78, 5) is 11.8. The van der Waals surface area contributed by atoms with Gasteiger partial charge in [-0.1, -0.05) is 0 Å². The van der Waals surface area contributed by atoms with Crippen molar-refractivity contribution in [1.29, 1.82) is 0 Å². The molecule has 0 atom stereocenters. The largest absolute Gasteiger partial charge is 0.416 e. The molecule has 0 aromatic heterocycles. The third-order valence-corrected chi connectivity index (χ3v) is 3.26. The van der Waals surface area contributed by atoms with Gasteiger partial charge in [-0.15, -0.1) is 12.3 Å². The van der Waals surface area contributed by atoms with E-state index in [1.807, 2.05) is 0 Å². The highest BCUT2D eigenvalue weighted by Gasteiger charge is 2.31. The number of benzene rings is 1. The second kappa shape index (κ2) is 7.34. The molecule has 0 aliphatic heterocycles. The first-order valence-corrected chi connectivity index (χ1v) is 6.74. The number of rotatable bonds is 5. The smallest absolute Gasteiger partial charge is 0.352 e. The van der Waals surface area contributed by atoms with Gasteiger partial charge in [-0.25, -0.2) is 0 Å². The number of amides is 1. The van der Waals surface area contributed by atoms with Crippen LogP contribution in [-0.2, 0) is 6.18 Å². The standard InChI is InChI=1S/C14H13BrF3NO/c1-2-3-4-5-8-19-13(20)11-9-10(14(16,17)18)6-7-12(11)15/h1,6-7,9H,3-5,8H2,(H,19,20). The van der Waals surface area contributed by atoms with Gasteiger partial charge in [-0.05, 0) is 47.0 Å². The van der Waals surface area contributed by atoms with Crippen LogP contribution >= 0.6 is 15.9 Å². The molecule has 108 valence electrons. The highest BCUT2D eigenvalue weighted by atomic mass is 79.9. The first kappa shape index (κ1) is 16.6. The predicted octanol–water partition coefficient (Wildman–Crippen LogP) is 4.00. The van der Waals surface area contributed by atoms with Crippen molar-refractivity contribution in [3.8, 4) is 12.3 Å². The van der Waals surface area contributed by atoms with Gasteiger partial charge in [0.05, 0.1) is 11.1 Å². The number of halogens is 4. The van der Waals surface area contributed by atoms with E-state index in [-0.39, 0.29) is 5.56 Å². The summed E-state index contributed by atoms with van der Waals surface area (Å²) in [6.07, 6.45) is 2.68. The maximum absolute atomic E-state index is 12.6. The average molecular weight is 348 g/mol. The molecule has 0 fully saturated rings. The topological polar surface area (TPSA) is 29.1 Å². The number of alkyl halides is 3. The van der Waals surface area contributed by atoms with Crippen molar-refractivity contribution < 1.29 is 18.0 Å². The number of terminal acetylenes is 1. The van der Waals surface area contributed by atoms with E-state index in [9.17, 15) is 18.0 Å². The van der Waals surface area contributed by atoms with Crippen molar-refractivity contribution in [2.24, 2.45) is 0 Å². The minimum Gasteiger partial charge on any atom is -0.352 e. The van der Waals surface area contributed by atoms with Crippen LogP contribution in [0.15, 0.2) is 22.7 Å². The quantitative estimate of drug-likeness (QED) is 0.633. The van der Waals surface area contributed by atoms with Gasteiger partial charge in [0.1, 0.15) is 0 Å². The molecular formula is C14H13BrF3NO. The van der Waals surface area contributed by atoms with Crippen molar-refractivity contribution in [1.82, 2.24) is 5.32 Å². The van der Waals surface area contributed by atoms with Crippen LogP contribution < -0.4 is 5.32 Å². The Kier molecular flexibility index (Phi) is 6.08. The van der Waals surface area contributed by atoms with Gasteiger partial charge < -0.3 is 5.32 Å².